The van der Waals surface area contributed by atoms with Gasteiger partial charge in [-0.15, -0.1) is 0 Å². The maximum atomic E-state index is 11.2. The van der Waals surface area contributed by atoms with Gasteiger partial charge in [0, 0.05) is 19.0 Å². The molecule has 2 aliphatic heterocycles. The molecule has 0 spiro atoms. The topological polar surface area (TPSA) is 143 Å². The third-order valence-corrected chi connectivity index (χ3v) is 5.83. The molecule has 4 unspecified atom stereocenters. The van der Waals surface area contributed by atoms with Gasteiger partial charge in [0.15, 0.2) is 5.41 Å². The van der Waals surface area contributed by atoms with Gasteiger partial charge in [-0.1, -0.05) is 26.0 Å². The van der Waals surface area contributed by atoms with Gasteiger partial charge in [0.25, 0.3) is 0 Å². The summed E-state index contributed by atoms with van der Waals surface area (Å²) in [5.41, 5.74) is -2.69. The van der Waals surface area contributed by atoms with E-state index >= 15 is 0 Å². The first-order valence-electron chi connectivity index (χ1n) is 8.84. The molecule has 8 nitrogen and oxygen atoms in total. The molecule has 1 amide bonds. The summed E-state index contributed by atoms with van der Waals surface area (Å²) < 4.78 is 11.9. The molecule has 2 fully saturated rings. The Bertz CT molecular complexity index is 954. The summed E-state index contributed by atoms with van der Waals surface area (Å²) in [6.07, 6.45) is -0.763. The highest BCUT2D eigenvalue weighted by molar-refractivity contribution is 5.89. The van der Waals surface area contributed by atoms with Gasteiger partial charge < -0.3 is 14.8 Å². The van der Waals surface area contributed by atoms with Crippen LogP contribution in [0, 0.1) is 56.2 Å². The van der Waals surface area contributed by atoms with Crippen molar-refractivity contribution in [2.24, 2.45) is 16.7 Å². The number of fused-ring (bicyclic) bond motifs is 2. The summed E-state index contributed by atoms with van der Waals surface area (Å²) in [5.74, 6) is -2.60. The quantitative estimate of drug-likeness (QED) is 0.829. The Hall–Kier alpha value is -3.41. The van der Waals surface area contributed by atoms with Gasteiger partial charge in [-0.3, -0.25) is 10.2 Å². The third kappa shape index (κ3) is 2.17. The number of carbonyl (C=O) groups is 1. The van der Waals surface area contributed by atoms with E-state index in [-0.39, 0.29) is 5.91 Å². The molecule has 1 aromatic carbocycles. The highest BCUT2D eigenvalue weighted by Crippen LogP contribution is 2.66. The average molecular weight is 377 g/mol. The minimum atomic E-state index is -1.97. The van der Waals surface area contributed by atoms with E-state index in [4.69, 9.17) is 14.9 Å². The van der Waals surface area contributed by atoms with Crippen LogP contribution in [0.15, 0.2) is 24.3 Å². The molecule has 0 aromatic heterocycles. The van der Waals surface area contributed by atoms with Crippen LogP contribution < -0.4 is 5.32 Å². The normalized spacial score (nSPS) is 32.4. The molecule has 28 heavy (non-hydrogen) atoms. The van der Waals surface area contributed by atoms with E-state index in [1.54, 1.807) is 38.1 Å². The van der Waals surface area contributed by atoms with Gasteiger partial charge in [-0.05, 0) is 17.7 Å². The molecular formula is C20H19N5O3. The fraction of sp³-hybridized carbons (Fsp3) is 0.450. The number of nitriles is 3. The van der Waals surface area contributed by atoms with Crippen molar-refractivity contribution in [2.45, 2.75) is 39.1 Å². The number of nitrogens with one attached hydrogen (secondary N) is 2. The van der Waals surface area contributed by atoms with Gasteiger partial charge in [0.1, 0.15) is 6.10 Å². The third-order valence-electron chi connectivity index (χ3n) is 5.83. The van der Waals surface area contributed by atoms with E-state index in [2.05, 4.69) is 11.4 Å². The number of anilines is 1. The molecule has 2 saturated heterocycles. The summed E-state index contributed by atoms with van der Waals surface area (Å²) in [6.45, 7) is 4.87. The molecule has 2 bridgehead atoms. The summed E-state index contributed by atoms with van der Waals surface area (Å²) in [7, 11) is 0. The summed E-state index contributed by atoms with van der Waals surface area (Å²) in [5, 5.41) is 41.1. The van der Waals surface area contributed by atoms with Crippen molar-refractivity contribution < 1.29 is 14.3 Å². The van der Waals surface area contributed by atoms with Crippen molar-refractivity contribution in [3.8, 4) is 18.2 Å². The van der Waals surface area contributed by atoms with Gasteiger partial charge >= 0.3 is 0 Å². The smallest absolute Gasteiger partial charge is 0.221 e. The molecule has 2 N–H and O–H groups in total. The molecule has 2 aliphatic rings. The van der Waals surface area contributed by atoms with Crippen molar-refractivity contribution in [1.29, 1.82) is 21.2 Å². The van der Waals surface area contributed by atoms with Crippen LogP contribution >= 0.6 is 0 Å². The van der Waals surface area contributed by atoms with Crippen molar-refractivity contribution in [3.63, 3.8) is 0 Å². The highest BCUT2D eigenvalue weighted by atomic mass is 16.7. The second-order valence-corrected chi connectivity index (χ2v) is 7.07. The van der Waals surface area contributed by atoms with Crippen LogP contribution in [0.4, 0.5) is 5.69 Å². The Morgan fingerprint density at radius 3 is 2.29 bits per heavy atom. The van der Waals surface area contributed by atoms with Gasteiger partial charge in [0.2, 0.25) is 23.0 Å². The highest BCUT2D eigenvalue weighted by Gasteiger charge is 2.78. The van der Waals surface area contributed by atoms with Gasteiger partial charge in [-0.25, -0.2) is 0 Å². The molecule has 142 valence electrons. The predicted molar refractivity (Wildman–Crippen MR) is 97.3 cm³/mol. The number of hydrogen-bond acceptors (Lipinski definition) is 7. The molecule has 0 radical (unpaired) electrons. The SMILES string of the molecule is CCC12OC(=N)C(C#N)(C1C)C(C#N)(C#N)C(c1ccc(NC(C)=O)cc1)O2. The second-order valence-electron chi connectivity index (χ2n) is 7.07. The van der Waals surface area contributed by atoms with E-state index < -0.39 is 34.5 Å². The lowest BCUT2D eigenvalue weighted by molar-refractivity contribution is -0.280. The Morgan fingerprint density at radius 1 is 1.21 bits per heavy atom. The van der Waals surface area contributed by atoms with E-state index in [1.165, 1.54) is 6.92 Å². The lowest BCUT2D eigenvalue weighted by Gasteiger charge is -2.48. The van der Waals surface area contributed by atoms with Gasteiger partial charge in [-0.2, -0.15) is 15.8 Å². The largest absolute Gasteiger partial charge is 0.447 e. The first kappa shape index (κ1) is 19.4. The van der Waals surface area contributed by atoms with Crippen LogP contribution in [0.5, 0.6) is 0 Å². The van der Waals surface area contributed by atoms with Crippen molar-refractivity contribution in [1.82, 2.24) is 0 Å². The monoisotopic (exact) mass is 377 g/mol. The van der Waals surface area contributed by atoms with Crippen LogP contribution in [0.25, 0.3) is 0 Å². The Morgan fingerprint density at radius 2 is 1.82 bits per heavy atom. The van der Waals surface area contributed by atoms with Crippen molar-refractivity contribution in [3.05, 3.63) is 29.8 Å². The van der Waals surface area contributed by atoms with Crippen LogP contribution in [0.1, 0.15) is 38.9 Å². The lowest BCUT2D eigenvalue weighted by Crippen LogP contribution is -2.58. The standard InChI is InChI=1S/C20H19N5O3/c1-4-20-12(2)19(11-23,17(24)28-20)18(9-21,10-22)16(27-20)14-5-7-15(8-6-14)25-13(3)26/h5-8,12,16,24H,4H2,1-3H3,(H,25,26). The molecule has 0 saturated carbocycles. The van der Waals surface area contributed by atoms with E-state index in [1.807, 2.05) is 12.1 Å². The maximum Gasteiger partial charge on any atom is 0.221 e. The number of carbonyl (C=O) groups excluding carboxylic acids is 1. The van der Waals surface area contributed by atoms with Crippen LogP contribution in [0.2, 0.25) is 0 Å². The summed E-state index contributed by atoms with van der Waals surface area (Å²) >= 11 is 0. The zero-order chi connectivity index (χ0) is 20.7. The Kier molecular flexibility index (Phi) is 4.38. The van der Waals surface area contributed by atoms with Crippen LogP contribution in [-0.2, 0) is 14.3 Å². The molecular weight excluding hydrogens is 358 g/mol. The summed E-state index contributed by atoms with van der Waals surface area (Å²) in [4.78, 5) is 11.2. The zero-order valence-electron chi connectivity index (χ0n) is 15.7. The fourth-order valence-corrected chi connectivity index (χ4v) is 4.29. The molecule has 1 aromatic rings. The number of ether oxygens (including phenoxy) is 2. The molecule has 2 heterocycles. The van der Waals surface area contributed by atoms with E-state index in [0.717, 1.165) is 0 Å². The minimum Gasteiger partial charge on any atom is -0.447 e. The van der Waals surface area contributed by atoms with E-state index in [0.29, 0.717) is 17.7 Å². The fourth-order valence-electron chi connectivity index (χ4n) is 4.29. The molecule has 4 atom stereocenters. The second kappa shape index (κ2) is 6.34. The molecule has 3 rings (SSSR count). The zero-order valence-corrected chi connectivity index (χ0v) is 15.7. The number of nitrogens with zero attached hydrogens (tertiary/aromatic N) is 3. The van der Waals surface area contributed by atoms with E-state index in [9.17, 15) is 20.6 Å². The summed E-state index contributed by atoms with van der Waals surface area (Å²) in [6, 6.07) is 12.6. The van der Waals surface area contributed by atoms with Crippen LogP contribution in [0.3, 0.4) is 0 Å². The van der Waals surface area contributed by atoms with Crippen molar-refractivity contribution >= 4 is 17.5 Å². The van der Waals surface area contributed by atoms with Gasteiger partial charge in [0.05, 0.1) is 24.1 Å². The first-order chi connectivity index (χ1) is 13.3. The van der Waals surface area contributed by atoms with Crippen LogP contribution in [-0.4, -0.2) is 17.6 Å². The number of rotatable bonds is 3. The number of hydrogen-bond donors (Lipinski definition) is 2. The minimum absolute atomic E-state index is 0.229. The van der Waals surface area contributed by atoms with Crippen molar-refractivity contribution in [2.75, 3.05) is 5.32 Å². The Labute approximate surface area is 162 Å². The molecule has 0 aliphatic carbocycles. The predicted octanol–water partition coefficient (Wildman–Crippen LogP) is 3.01. The maximum absolute atomic E-state index is 11.2. The average Bonchev–Trinajstić information content (AvgIpc) is 2.84. The number of benzene rings is 1. The first-order valence-corrected chi connectivity index (χ1v) is 8.84. The molecule has 8 heteroatoms. The number of amides is 1. The Balaban J connectivity index is 2.20. The lowest BCUT2D eigenvalue weighted by atomic mass is 9.53.